The van der Waals surface area contributed by atoms with Crippen molar-refractivity contribution >= 4 is 23.5 Å². The van der Waals surface area contributed by atoms with Crippen LogP contribution in [0.1, 0.15) is 72.5 Å². The van der Waals surface area contributed by atoms with Gasteiger partial charge in [-0.3, -0.25) is 14.4 Å². The number of carbonyl (C=O) groups excluding carboxylic acids is 2. The number of amides is 2. The maximum absolute atomic E-state index is 13.6. The van der Waals surface area contributed by atoms with E-state index in [9.17, 15) is 19.6 Å². The molecular weight excluding hydrogens is 470 g/mol. The number of nitriles is 1. The Bertz CT molecular complexity index is 1290. The van der Waals surface area contributed by atoms with E-state index in [-0.39, 0.29) is 36.1 Å². The number of carbonyl (C=O) groups is 3. The number of rotatable bonds is 8. The van der Waals surface area contributed by atoms with Gasteiger partial charge in [0, 0.05) is 34.7 Å². The van der Waals surface area contributed by atoms with E-state index in [1.807, 2.05) is 12.1 Å². The van der Waals surface area contributed by atoms with Crippen LogP contribution in [0.4, 0.5) is 5.69 Å². The number of anilines is 1. The van der Waals surface area contributed by atoms with E-state index >= 15 is 0 Å². The number of nitrogens with one attached hydrogen (secondary N) is 2. The summed E-state index contributed by atoms with van der Waals surface area (Å²) in [5.41, 5.74) is 2.84. The number of ether oxygens (including phenoxy) is 1. The third-order valence-corrected chi connectivity index (χ3v) is 8.33. The predicted molar refractivity (Wildman–Crippen MR) is 136 cm³/mol. The maximum atomic E-state index is 13.6. The highest BCUT2D eigenvalue weighted by atomic mass is 16.5. The average molecular weight is 502 g/mol. The second kappa shape index (κ2) is 9.89. The molecule has 3 atom stereocenters. The van der Waals surface area contributed by atoms with E-state index in [0.717, 1.165) is 36.1 Å². The standard InChI is InChI=1S/C29H31N3O5/c1-17-26(28(36)32-23-14-18(16-30)8-9-19(23)4-2-7-25(33)34)29(17)12-13-37-24-11-10-20(15-22(24)29)27(35)31-21-5-3-6-21/h8-11,14-15,17,21,26H,2-7,12-13H2,1H3,(H,31,35)(H,32,36)(H,33,34)/t17?,26?,29-/m0/s1. The van der Waals surface area contributed by atoms with E-state index < -0.39 is 11.4 Å². The molecule has 1 heterocycles. The lowest BCUT2D eigenvalue weighted by atomic mass is 9.84. The normalized spacial score (nSPS) is 23.7. The highest BCUT2D eigenvalue weighted by Gasteiger charge is 2.67. The third kappa shape index (κ3) is 4.66. The molecule has 3 N–H and O–H groups in total. The van der Waals surface area contributed by atoms with Gasteiger partial charge in [0.1, 0.15) is 5.75 Å². The van der Waals surface area contributed by atoms with E-state index in [1.54, 1.807) is 24.3 Å². The summed E-state index contributed by atoms with van der Waals surface area (Å²) in [6, 6.07) is 13.0. The van der Waals surface area contributed by atoms with Gasteiger partial charge in [-0.05, 0) is 80.3 Å². The number of hydrogen-bond acceptors (Lipinski definition) is 5. The van der Waals surface area contributed by atoms with Crippen LogP contribution in [-0.2, 0) is 21.4 Å². The van der Waals surface area contributed by atoms with E-state index in [0.29, 0.717) is 42.7 Å². The molecular formula is C29H31N3O5. The summed E-state index contributed by atoms with van der Waals surface area (Å²) in [5.74, 6) is -0.644. The Morgan fingerprint density at radius 1 is 1.19 bits per heavy atom. The van der Waals surface area contributed by atoms with Crippen molar-refractivity contribution in [2.75, 3.05) is 11.9 Å². The molecule has 2 unspecified atom stereocenters. The first-order chi connectivity index (χ1) is 17.8. The fourth-order valence-electron chi connectivity index (χ4n) is 5.95. The Labute approximate surface area is 216 Å². The number of hydrogen-bond donors (Lipinski definition) is 3. The van der Waals surface area contributed by atoms with Crippen molar-refractivity contribution in [3.63, 3.8) is 0 Å². The van der Waals surface area contributed by atoms with Crippen LogP contribution >= 0.6 is 0 Å². The van der Waals surface area contributed by atoms with Crippen LogP contribution in [0.25, 0.3) is 0 Å². The van der Waals surface area contributed by atoms with Gasteiger partial charge >= 0.3 is 5.97 Å². The van der Waals surface area contributed by atoms with Gasteiger partial charge in [0.05, 0.1) is 24.2 Å². The van der Waals surface area contributed by atoms with Gasteiger partial charge in [0.25, 0.3) is 5.91 Å². The summed E-state index contributed by atoms with van der Waals surface area (Å²) in [4.78, 5) is 37.4. The molecule has 2 aliphatic carbocycles. The van der Waals surface area contributed by atoms with Crippen molar-refractivity contribution in [3.05, 3.63) is 58.7 Å². The zero-order valence-electron chi connectivity index (χ0n) is 20.9. The molecule has 0 saturated heterocycles. The van der Waals surface area contributed by atoms with E-state index in [4.69, 9.17) is 9.84 Å². The molecule has 37 heavy (non-hydrogen) atoms. The van der Waals surface area contributed by atoms with Gasteiger partial charge in [0.2, 0.25) is 5.91 Å². The number of benzene rings is 2. The monoisotopic (exact) mass is 501 g/mol. The lowest BCUT2D eigenvalue weighted by Gasteiger charge is -2.29. The van der Waals surface area contributed by atoms with Crippen LogP contribution < -0.4 is 15.4 Å². The molecule has 0 aromatic heterocycles. The van der Waals surface area contributed by atoms with Gasteiger partial charge in [-0.2, -0.15) is 5.26 Å². The van der Waals surface area contributed by atoms with Gasteiger partial charge in [-0.25, -0.2) is 0 Å². The van der Waals surface area contributed by atoms with Crippen LogP contribution in [-0.4, -0.2) is 35.5 Å². The summed E-state index contributed by atoms with van der Waals surface area (Å²) in [6.45, 7) is 2.55. The third-order valence-electron chi connectivity index (χ3n) is 8.33. The molecule has 8 heteroatoms. The van der Waals surface area contributed by atoms with Gasteiger partial charge < -0.3 is 20.5 Å². The van der Waals surface area contributed by atoms with Crippen molar-refractivity contribution in [2.45, 2.75) is 63.3 Å². The quantitative estimate of drug-likeness (QED) is 0.498. The smallest absolute Gasteiger partial charge is 0.303 e. The van der Waals surface area contributed by atoms with E-state index in [2.05, 4.69) is 23.6 Å². The van der Waals surface area contributed by atoms with Crippen molar-refractivity contribution in [2.24, 2.45) is 11.8 Å². The molecule has 5 rings (SSSR count). The zero-order valence-corrected chi connectivity index (χ0v) is 20.9. The van der Waals surface area contributed by atoms with Crippen molar-refractivity contribution in [1.82, 2.24) is 5.32 Å². The minimum atomic E-state index is -0.869. The molecule has 2 amide bonds. The number of carboxylic acids is 1. The maximum Gasteiger partial charge on any atom is 0.303 e. The minimum Gasteiger partial charge on any atom is -0.493 e. The number of fused-ring (bicyclic) bond motifs is 2. The SMILES string of the molecule is CC1C(C(=O)Nc2cc(C#N)ccc2CCCC(=O)O)[C@@]12CCOc1ccc(C(=O)NC3CCC3)cc12. The number of aryl methyl sites for hydroxylation is 1. The second-order valence-corrected chi connectivity index (χ2v) is 10.4. The minimum absolute atomic E-state index is 0.0313. The first kappa shape index (κ1) is 24.8. The summed E-state index contributed by atoms with van der Waals surface area (Å²) in [6.07, 6.45) is 4.78. The number of carboxylic acid groups (broad SMARTS) is 1. The Hall–Kier alpha value is -3.86. The van der Waals surface area contributed by atoms with Gasteiger partial charge in [0.15, 0.2) is 0 Å². The highest BCUT2D eigenvalue weighted by molar-refractivity contribution is 5.98. The Morgan fingerprint density at radius 3 is 2.70 bits per heavy atom. The van der Waals surface area contributed by atoms with Gasteiger partial charge in [-0.15, -0.1) is 0 Å². The summed E-state index contributed by atoms with van der Waals surface area (Å²) >= 11 is 0. The molecule has 192 valence electrons. The van der Waals surface area contributed by atoms with Crippen LogP contribution in [0.2, 0.25) is 0 Å². The van der Waals surface area contributed by atoms with E-state index in [1.165, 1.54) is 0 Å². The Balaban J connectivity index is 1.37. The van der Waals surface area contributed by atoms with Crippen molar-refractivity contribution in [3.8, 4) is 11.8 Å². The second-order valence-electron chi connectivity index (χ2n) is 10.4. The number of aliphatic carboxylic acids is 1. The molecule has 2 aromatic carbocycles. The topological polar surface area (TPSA) is 129 Å². The first-order valence-electron chi connectivity index (χ1n) is 13.0. The Kier molecular flexibility index (Phi) is 6.63. The molecule has 3 aliphatic rings. The summed E-state index contributed by atoms with van der Waals surface area (Å²) < 4.78 is 5.91. The molecule has 1 aliphatic heterocycles. The first-order valence-corrected chi connectivity index (χ1v) is 13.0. The number of nitrogens with zero attached hydrogens (tertiary/aromatic N) is 1. The van der Waals surface area contributed by atoms with Crippen LogP contribution in [0.15, 0.2) is 36.4 Å². The molecule has 2 aromatic rings. The highest BCUT2D eigenvalue weighted by Crippen LogP contribution is 2.65. The Morgan fingerprint density at radius 2 is 2.00 bits per heavy atom. The fourth-order valence-corrected chi connectivity index (χ4v) is 5.95. The van der Waals surface area contributed by atoms with Crippen LogP contribution in [0, 0.1) is 23.2 Å². The van der Waals surface area contributed by atoms with Crippen molar-refractivity contribution in [1.29, 1.82) is 5.26 Å². The molecule has 8 nitrogen and oxygen atoms in total. The summed E-state index contributed by atoms with van der Waals surface area (Å²) in [5, 5.41) is 24.5. The summed E-state index contributed by atoms with van der Waals surface area (Å²) in [7, 11) is 0. The molecule has 0 bridgehead atoms. The molecule has 0 radical (unpaired) electrons. The zero-order chi connectivity index (χ0) is 26.2. The fraction of sp³-hybridized carbons (Fsp3) is 0.448. The van der Waals surface area contributed by atoms with Crippen molar-refractivity contribution < 1.29 is 24.2 Å². The molecule has 2 saturated carbocycles. The molecule has 2 fully saturated rings. The predicted octanol–water partition coefficient (Wildman–Crippen LogP) is 4.17. The van der Waals surface area contributed by atoms with Crippen LogP contribution in [0.5, 0.6) is 5.75 Å². The largest absolute Gasteiger partial charge is 0.493 e. The lowest BCUT2D eigenvalue weighted by Crippen LogP contribution is -2.39. The van der Waals surface area contributed by atoms with Gasteiger partial charge in [-0.1, -0.05) is 13.0 Å². The molecule has 1 spiro atoms. The average Bonchev–Trinajstić information content (AvgIpc) is 3.44. The van der Waals surface area contributed by atoms with Crippen LogP contribution in [0.3, 0.4) is 0 Å². The lowest BCUT2D eigenvalue weighted by molar-refractivity contribution is -0.137.